The van der Waals surface area contributed by atoms with Gasteiger partial charge in [-0.15, -0.1) is 11.3 Å². The molecule has 2 atom stereocenters. The predicted octanol–water partition coefficient (Wildman–Crippen LogP) is 6.91. The monoisotopic (exact) mass is 468 g/mol. The molecule has 1 aromatic heterocycles. The lowest BCUT2D eigenvalue weighted by atomic mass is 9.90. The third kappa shape index (κ3) is 6.36. The molecule has 2 unspecified atom stereocenters. The topological polar surface area (TPSA) is 55.8 Å². The summed E-state index contributed by atoms with van der Waals surface area (Å²) in [4.78, 5) is 13.2. The van der Waals surface area contributed by atoms with Gasteiger partial charge in [-0.3, -0.25) is 0 Å². The fourth-order valence-corrected chi connectivity index (χ4v) is 5.16. The average molecular weight is 469 g/mol. The second-order valence-electron chi connectivity index (χ2n) is 9.83. The van der Waals surface area contributed by atoms with Crippen molar-refractivity contribution in [2.75, 3.05) is 13.7 Å². The van der Waals surface area contributed by atoms with Crippen molar-refractivity contribution in [1.82, 2.24) is 0 Å². The number of carbonyl (C=O) groups is 1. The SMILES string of the molecule is CCC(CCc1ccc(OCC(O)C(C)(C)C)c(C)c1)c1cc2ccc(C(=O)OC)cc2s1. The van der Waals surface area contributed by atoms with Gasteiger partial charge >= 0.3 is 5.97 Å². The van der Waals surface area contributed by atoms with Crippen molar-refractivity contribution in [2.45, 2.75) is 65.9 Å². The van der Waals surface area contributed by atoms with Crippen LogP contribution in [-0.2, 0) is 11.2 Å². The summed E-state index contributed by atoms with van der Waals surface area (Å²) in [5.41, 5.74) is 2.79. The molecular formula is C28H36O4S. The van der Waals surface area contributed by atoms with Gasteiger partial charge in [0.15, 0.2) is 0 Å². The summed E-state index contributed by atoms with van der Waals surface area (Å²) in [5, 5.41) is 11.4. The van der Waals surface area contributed by atoms with E-state index in [1.165, 1.54) is 22.9 Å². The van der Waals surface area contributed by atoms with E-state index in [4.69, 9.17) is 9.47 Å². The van der Waals surface area contributed by atoms with Gasteiger partial charge in [0.25, 0.3) is 0 Å². The number of aliphatic hydroxyl groups excluding tert-OH is 1. The number of thiophene rings is 1. The molecule has 0 aliphatic heterocycles. The number of benzene rings is 2. The van der Waals surface area contributed by atoms with Crippen molar-refractivity contribution >= 4 is 27.4 Å². The van der Waals surface area contributed by atoms with Crippen LogP contribution >= 0.6 is 11.3 Å². The highest BCUT2D eigenvalue weighted by molar-refractivity contribution is 7.19. The molecule has 5 heteroatoms. The molecule has 0 radical (unpaired) electrons. The first-order valence-corrected chi connectivity index (χ1v) is 12.5. The third-order valence-electron chi connectivity index (χ3n) is 6.27. The number of methoxy groups -OCH3 is 1. The minimum atomic E-state index is -0.508. The minimum absolute atomic E-state index is 0.198. The molecule has 0 amide bonds. The van der Waals surface area contributed by atoms with E-state index >= 15 is 0 Å². The molecule has 0 aliphatic rings. The normalized spacial score (nSPS) is 13.7. The summed E-state index contributed by atoms with van der Waals surface area (Å²) >= 11 is 1.77. The summed E-state index contributed by atoms with van der Waals surface area (Å²) in [7, 11) is 1.41. The molecule has 4 nitrogen and oxygen atoms in total. The Kier molecular flexibility index (Phi) is 8.19. The lowest BCUT2D eigenvalue weighted by molar-refractivity contribution is 0.0216. The Morgan fingerprint density at radius 3 is 2.52 bits per heavy atom. The van der Waals surface area contributed by atoms with Crippen molar-refractivity contribution in [3.63, 3.8) is 0 Å². The van der Waals surface area contributed by atoms with Crippen molar-refractivity contribution < 1.29 is 19.4 Å². The molecular weight excluding hydrogens is 432 g/mol. The smallest absolute Gasteiger partial charge is 0.337 e. The number of aliphatic hydroxyl groups is 1. The number of hydrogen-bond donors (Lipinski definition) is 1. The van der Waals surface area contributed by atoms with Crippen LogP contribution in [-0.4, -0.2) is 30.9 Å². The fourth-order valence-electron chi connectivity index (χ4n) is 3.83. The van der Waals surface area contributed by atoms with Crippen molar-refractivity contribution in [3.05, 3.63) is 64.0 Å². The summed E-state index contributed by atoms with van der Waals surface area (Å²) < 4.78 is 11.9. The molecule has 3 aromatic rings. The molecule has 178 valence electrons. The van der Waals surface area contributed by atoms with E-state index < -0.39 is 6.10 Å². The summed E-state index contributed by atoms with van der Waals surface area (Å²) in [6.45, 7) is 10.6. The number of fused-ring (bicyclic) bond motifs is 1. The quantitative estimate of drug-likeness (QED) is 0.347. The second-order valence-corrected chi connectivity index (χ2v) is 10.9. The number of aryl methyl sites for hydroxylation is 2. The molecule has 0 bridgehead atoms. The van der Waals surface area contributed by atoms with Crippen LogP contribution in [0.1, 0.15) is 72.8 Å². The molecule has 1 heterocycles. The first-order chi connectivity index (χ1) is 15.6. The maximum Gasteiger partial charge on any atom is 0.337 e. The Hall–Kier alpha value is -2.37. The maximum absolute atomic E-state index is 11.8. The zero-order valence-corrected chi connectivity index (χ0v) is 21.4. The number of ether oxygens (including phenoxy) is 2. The zero-order valence-electron chi connectivity index (χ0n) is 20.6. The largest absolute Gasteiger partial charge is 0.491 e. The van der Waals surface area contributed by atoms with Gasteiger partial charge in [0.1, 0.15) is 12.4 Å². The molecule has 33 heavy (non-hydrogen) atoms. The lowest BCUT2D eigenvalue weighted by Gasteiger charge is -2.26. The molecule has 2 aromatic carbocycles. The Balaban J connectivity index is 1.65. The Morgan fingerprint density at radius 2 is 1.88 bits per heavy atom. The van der Waals surface area contributed by atoms with Gasteiger partial charge < -0.3 is 14.6 Å². The molecule has 0 saturated heterocycles. The zero-order chi connectivity index (χ0) is 24.2. The van der Waals surface area contributed by atoms with Crippen LogP contribution in [0.15, 0.2) is 42.5 Å². The van der Waals surface area contributed by atoms with Crippen LogP contribution in [0, 0.1) is 12.3 Å². The first-order valence-electron chi connectivity index (χ1n) is 11.6. The van der Waals surface area contributed by atoms with Gasteiger partial charge in [-0.25, -0.2) is 4.79 Å². The molecule has 0 spiro atoms. The molecule has 0 fully saturated rings. The number of esters is 1. The van der Waals surface area contributed by atoms with Crippen molar-refractivity contribution in [3.8, 4) is 5.75 Å². The van der Waals surface area contributed by atoms with Crippen LogP contribution in [0.5, 0.6) is 5.75 Å². The highest BCUT2D eigenvalue weighted by Crippen LogP contribution is 2.36. The fraction of sp³-hybridized carbons (Fsp3) is 0.464. The standard InChI is InChI=1S/C28H36O4S/c1-7-20(24-15-21-11-12-22(27(30)31-6)16-25(21)33-24)10-8-19-9-13-23(18(2)14-19)32-17-26(29)28(3,4)5/h9,11-16,20,26,29H,7-8,10,17H2,1-6H3. The van der Waals surface area contributed by atoms with E-state index in [9.17, 15) is 9.90 Å². The van der Waals surface area contributed by atoms with E-state index in [0.29, 0.717) is 18.1 Å². The van der Waals surface area contributed by atoms with Crippen LogP contribution in [0.2, 0.25) is 0 Å². The molecule has 0 aliphatic carbocycles. The van der Waals surface area contributed by atoms with Crippen LogP contribution in [0.3, 0.4) is 0 Å². The van der Waals surface area contributed by atoms with Crippen LogP contribution in [0.4, 0.5) is 0 Å². The first kappa shape index (κ1) is 25.3. The predicted molar refractivity (Wildman–Crippen MR) is 137 cm³/mol. The highest BCUT2D eigenvalue weighted by Gasteiger charge is 2.23. The number of hydrogen-bond acceptors (Lipinski definition) is 5. The van der Waals surface area contributed by atoms with E-state index in [2.05, 4.69) is 32.0 Å². The van der Waals surface area contributed by atoms with E-state index in [1.54, 1.807) is 11.3 Å². The van der Waals surface area contributed by atoms with Crippen molar-refractivity contribution in [1.29, 1.82) is 0 Å². The van der Waals surface area contributed by atoms with Gasteiger partial charge in [0.2, 0.25) is 0 Å². The second kappa shape index (κ2) is 10.7. The van der Waals surface area contributed by atoms with E-state index in [-0.39, 0.29) is 11.4 Å². The Bertz CT molecular complexity index is 1090. The van der Waals surface area contributed by atoms with Gasteiger partial charge in [0.05, 0.1) is 18.8 Å². The molecule has 1 N–H and O–H groups in total. The number of carbonyl (C=O) groups excluding carboxylic acids is 1. The third-order valence-corrected chi connectivity index (χ3v) is 7.53. The molecule has 0 saturated carbocycles. The summed E-state index contributed by atoms with van der Waals surface area (Å²) in [6.07, 6.45) is 2.62. The summed E-state index contributed by atoms with van der Waals surface area (Å²) in [6, 6.07) is 14.4. The van der Waals surface area contributed by atoms with Gasteiger partial charge in [-0.1, -0.05) is 45.9 Å². The van der Waals surface area contributed by atoms with Gasteiger partial charge in [0, 0.05) is 9.58 Å². The Labute approximate surface area is 201 Å². The Morgan fingerprint density at radius 1 is 1.12 bits per heavy atom. The van der Waals surface area contributed by atoms with Crippen LogP contribution < -0.4 is 4.74 Å². The van der Waals surface area contributed by atoms with Crippen molar-refractivity contribution in [2.24, 2.45) is 5.41 Å². The molecule has 3 rings (SSSR count). The average Bonchev–Trinajstić information content (AvgIpc) is 3.20. The van der Waals surface area contributed by atoms with E-state index in [1.807, 2.05) is 45.0 Å². The lowest BCUT2D eigenvalue weighted by Crippen LogP contribution is -2.32. The minimum Gasteiger partial charge on any atom is -0.491 e. The highest BCUT2D eigenvalue weighted by atomic mass is 32.1. The van der Waals surface area contributed by atoms with E-state index in [0.717, 1.165) is 35.3 Å². The maximum atomic E-state index is 11.8. The van der Waals surface area contributed by atoms with Crippen LogP contribution in [0.25, 0.3) is 10.1 Å². The van der Waals surface area contributed by atoms with Gasteiger partial charge in [-0.05, 0) is 78.3 Å². The van der Waals surface area contributed by atoms with Gasteiger partial charge in [-0.2, -0.15) is 0 Å². The summed E-state index contributed by atoms with van der Waals surface area (Å²) in [5.74, 6) is 1.01. The number of rotatable bonds is 9.